The molecule has 3 aromatic rings. The Kier molecular flexibility index (Phi) is 5.70. The number of carbonyl (C=O) groups is 3. The average molecular weight is 476 g/mol. The molecule has 1 fully saturated rings. The number of nitrogens with zero attached hydrogens (tertiary/aromatic N) is 3. The maximum Gasteiger partial charge on any atom is 0.274 e. The van der Waals surface area contributed by atoms with E-state index in [2.05, 4.69) is 15.6 Å². The number of carbonyl (C=O) groups excluding carboxylic acids is 3. The van der Waals surface area contributed by atoms with Crippen LogP contribution < -0.4 is 10.6 Å². The Morgan fingerprint density at radius 2 is 1.83 bits per heavy atom. The maximum atomic E-state index is 13.7. The van der Waals surface area contributed by atoms with Crippen molar-refractivity contribution in [3.63, 3.8) is 0 Å². The lowest BCUT2D eigenvalue weighted by Crippen LogP contribution is -2.64. The van der Waals surface area contributed by atoms with Crippen LogP contribution in [0.15, 0.2) is 47.1 Å². The third kappa shape index (κ3) is 4.34. The third-order valence-electron chi connectivity index (χ3n) is 6.68. The highest BCUT2D eigenvalue weighted by molar-refractivity contribution is 6.07. The Labute approximate surface area is 203 Å². The smallest absolute Gasteiger partial charge is 0.274 e. The molecule has 0 spiro atoms. The van der Waals surface area contributed by atoms with Crippen molar-refractivity contribution in [2.24, 2.45) is 0 Å². The SMILES string of the molecule is Cc1ccc(CNC(=O)C2(C)Cn3cnc(C(=O)NCc4ccc(C)o4)c3C(=O)N2C2CC2)cc1. The van der Waals surface area contributed by atoms with Gasteiger partial charge >= 0.3 is 0 Å². The topological polar surface area (TPSA) is 109 Å². The average Bonchev–Trinajstić information content (AvgIpc) is 3.42. The summed E-state index contributed by atoms with van der Waals surface area (Å²) in [6.07, 6.45) is 3.13. The second kappa shape index (κ2) is 8.72. The lowest BCUT2D eigenvalue weighted by atomic mass is 9.93. The van der Waals surface area contributed by atoms with Gasteiger partial charge in [-0.1, -0.05) is 29.8 Å². The molecule has 0 radical (unpaired) electrons. The molecule has 182 valence electrons. The summed E-state index contributed by atoms with van der Waals surface area (Å²) in [5.74, 6) is 0.348. The number of hydrogen-bond donors (Lipinski definition) is 2. The highest BCUT2D eigenvalue weighted by Crippen LogP contribution is 2.38. The lowest BCUT2D eigenvalue weighted by Gasteiger charge is -2.44. The molecule has 9 nitrogen and oxygen atoms in total. The van der Waals surface area contributed by atoms with Crippen molar-refractivity contribution < 1.29 is 18.8 Å². The molecule has 0 bridgehead atoms. The first-order valence-corrected chi connectivity index (χ1v) is 11.8. The zero-order valence-corrected chi connectivity index (χ0v) is 20.1. The first-order valence-electron chi connectivity index (χ1n) is 11.8. The van der Waals surface area contributed by atoms with Gasteiger partial charge in [0.15, 0.2) is 5.69 Å². The number of imidazole rings is 1. The van der Waals surface area contributed by atoms with Crippen molar-refractivity contribution >= 4 is 17.7 Å². The molecule has 2 N–H and O–H groups in total. The van der Waals surface area contributed by atoms with Crippen molar-refractivity contribution in [3.05, 3.63) is 76.8 Å². The summed E-state index contributed by atoms with van der Waals surface area (Å²) >= 11 is 0. The van der Waals surface area contributed by atoms with E-state index < -0.39 is 11.4 Å². The van der Waals surface area contributed by atoms with E-state index in [1.54, 1.807) is 22.5 Å². The zero-order valence-electron chi connectivity index (χ0n) is 20.1. The number of nitrogens with one attached hydrogen (secondary N) is 2. The number of hydrogen-bond acceptors (Lipinski definition) is 5. The van der Waals surface area contributed by atoms with E-state index in [0.29, 0.717) is 12.3 Å². The number of furan rings is 1. The predicted molar refractivity (Wildman–Crippen MR) is 127 cm³/mol. The minimum absolute atomic E-state index is 0.0247. The molecule has 9 heteroatoms. The summed E-state index contributed by atoms with van der Waals surface area (Å²) in [7, 11) is 0. The number of aryl methyl sites for hydroxylation is 2. The highest BCUT2D eigenvalue weighted by Gasteiger charge is 2.53. The standard InChI is InChI=1S/C26H29N5O4/c1-16-4-7-18(8-5-16)12-28-25(34)26(3)14-30-15-29-21(22(30)24(33)31(26)19-9-10-19)23(32)27-13-20-11-6-17(2)35-20/h4-8,11,15,19H,9-10,12-14H2,1-3H3,(H,27,32)(H,28,34). The van der Waals surface area contributed by atoms with Crippen LogP contribution in [0.25, 0.3) is 0 Å². The van der Waals surface area contributed by atoms with Crippen LogP contribution in [0.1, 0.15) is 63.4 Å². The number of aromatic nitrogens is 2. The monoisotopic (exact) mass is 475 g/mol. The van der Waals surface area contributed by atoms with E-state index in [-0.39, 0.29) is 42.3 Å². The van der Waals surface area contributed by atoms with Crippen LogP contribution in [0.2, 0.25) is 0 Å². The molecule has 1 aromatic carbocycles. The van der Waals surface area contributed by atoms with Crippen LogP contribution in [-0.2, 0) is 24.4 Å². The van der Waals surface area contributed by atoms with Gasteiger partial charge < -0.3 is 24.5 Å². The number of benzene rings is 1. The van der Waals surface area contributed by atoms with Crippen molar-refractivity contribution in [3.8, 4) is 0 Å². The van der Waals surface area contributed by atoms with E-state index in [1.165, 1.54) is 6.33 Å². The van der Waals surface area contributed by atoms with E-state index in [1.807, 2.05) is 44.2 Å². The molecule has 1 unspecified atom stereocenters. The quantitative estimate of drug-likeness (QED) is 0.546. The van der Waals surface area contributed by atoms with Gasteiger partial charge in [-0.25, -0.2) is 4.98 Å². The molecule has 3 heterocycles. The fraction of sp³-hybridized carbons (Fsp3) is 0.385. The van der Waals surface area contributed by atoms with Crippen molar-refractivity contribution in [1.82, 2.24) is 25.1 Å². The zero-order chi connectivity index (χ0) is 24.7. The molecule has 1 aliphatic heterocycles. The largest absolute Gasteiger partial charge is 0.465 e. The summed E-state index contributed by atoms with van der Waals surface area (Å²) in [5.41, 5.74) is 1.33. The van der Waals surface area contributed by atoms with Crippen LogP contribution in [-0.4, -0.2) is 43.8 Å². The van der Waals surface area contributed by atoms with Crippen LogP contribution in [0.5, 0.6) is 0 Å². The van der Waals surface area contributed by atoms with Crippen LogP contribution in [0, 0.1) is 13.8 Å². The number of rotatable bonds is 7. The molecule has 0 saturated heterocycles. The number of amides is 3. The highest BCUT2D eigenvalue weighted by atomic mass is 16.3. The summed E-state index contributed by atoms with van der Waals surface area (Å²) in [5, 5.41) is 5.78. The molecule has 35 heavy (non-hydrogen) atoms. The molecule has 1 aliphatic carbocycles. The van der Waals surface area contributed by atoms with E-state index in [4.69, 9.17) is 4.42 Å². The van der Waals surface area contributed by atoms with Crippen LogP contribution in [0.3, 0.4) is 0 Å². The molecule has 1 atom stereocenters. The van der Waals surface area contributed by atoms with Crippen molar-refractivity contribution in [2.45, 2.75) is 64.8 Å². The minimum Gasteiger partial charge on any atom is -0.465 e. The Balaban J connectivity index is 1.36. The summed E-state index contributed by atoms with van der Waals surface area (Å²) in [6.45, 7) is 6.42. The van der Waals surface area contributed by atoms with Crippen LogP contribution in [0.4, 0.5) is 0 Å². The second-order valence-electron chi connectivity index (χ2n) is 9.61. The van der Waals surface area contributed by atoms with E-state index in [0.717, 1.165) is 29.7 Å². The molecule has 5 rings (SSSR count). The fourth-order valence-electron chi connectivity index (χ4n) is 4.63. The van der Waals surface area contributed by atoms with Gasteiger partial charge in [0, 0.05) is 12.6 Å². The summed E-state index contributed by atoms with van der Waals surface area (Å²) < 4.78 is 7.12. The first-order chi connectivity index (χ1) is 16.8. The number of fused-ring (bicyclic) bond motifs is 1. The Bertz CT molecular complexity index is 1290. The Hall–Kier alpha value is -3.88. The summed E-state index contributed by atoms with van der Waals surface area (Å²) in [6, 6.07) is 11.5. The van der Waals surface area contributed by atoms with E-state index >= 15 is 0 Å². The maximum absolute atomic E-state index is 13.7. The van der Waals surface area contributed by atoms with Gasteiger partial charge in [-0.2, -0.15) is 0 Å². The first kappa shape index (κ1) is 22.9. The van der Waals surface area contributed by atoms with Gasteiger partial charge in [0.25, 0.3) is 11.8 Å². The van der Waals surface area contributed by atoms with Gasteiger partial charge in [-0.3, -0.25) is 14.4 Å². The van der Waals surface area contributed by atoms with Crippen LogP contribution >= 0.6 is 0 Å². The van der Waals surface area contributed by atoms with Crippen molar-refractivity contribution in [2.75, 3.05) is 0 Å². The fourth-order valence-corrected chi connectivity index (χ4v) is 4.63. The molecule has 2 aliphatic rings. The normalized spacial score (nSPS) is 19.4. The molecule has 3 amide bonds. The molecular weight excluding hydrogens is 446 g/mol. The Morgan fingerprint density at radius 3 is 2.49 bits per heavy atom. The van der Waals surface area contributed by atoms with Crippen molar-refractivity contribution in [1.29, 1.82) is 0 Å². The van der Waals surface area contributed by atoms with E-state index in [9.17, 15) is 14.4 Å². The summed E-state index contributed by atoms with van der Waals surface area (Å²) in [4.78, 5) is 45.9. The second-order valence-corrected chi connectivity index (χ2v) is 9.61. The van der Waals surface area contributed by atoms with Gasteiger partial charge in [-0.05, 0) is 51.3 Å². The van der Waals surface area contributed by atoms with Gasteiger partial charge in [-0.15, -0.1) is 0 Å². The lowest BCUT2D eigenvalue weighted by molar-refractivity contribution is -0.133. The molecular formula is C26H29N5O4. The third-order valence-corrected chi connectivity index (χ3v) is 6.68. The Morgan fingerprint density at radius 1 is 1.09 bits per heavy atom. The minimum atomic E-state index is -1.09. The van der Waals surface area contributed by atoms with Gasteiger partial charge in [0.1, 0.15) is 22.8 Å². The van der Waals surface area contributed by atoms with Gasteiger partial charge in [0.2, 0.25) is 5.91 Å². The molecule has 1 saturated carbocycles. The molecule has 2 aromatic heterocycles. The predicted octanol–water partition coefficient (Wildman–Crippen LogP) is 2.72. The van der Waals surface area contributed by atoms with Gasteiger partial charge in [0.05, 0.1) is 19.4 Å².